The van der Waals surface area contributed by atoms with Crippen LogP contribution >= 0.6 is 0 Å². The Bertz CT molecular complexity index is 403. The Morgan fingerprint density at radius 2 is 2.42 bits per heavy atom. The topological polar surface area (TPSA) is 30.2 Å². The van der Waals surface area contributed by atoms with Gasteiger partial charge in [0.2, 0.25) is 0 Å². The highest BCUT2D eigenvalue weighted by Gasteiger charge is 2.01. The highest BCUT2D eigenvalue weighted by atomic mass is 15.2. The van der Waals surface area contributed by atoms with Gasteiger partial charge in [-0.15, -0.1) is 0 Å². The van der Waals surface area contributed by atoms with Crippen molar-refractivity contribution in [3.8, 4) is 0 Å². The van der Waals surface area contributed by atoms with Crippen LogP contribution in [0.4, 0.5) is 0 Å². The maximum absolute atomic E-state index is 4.41. The number of aromatic nitrogens is 3. The summed E-state index contributed by atoms with van der Waals surface area (Å²) in [6, 6.07) is 1.87. The van der Waals surface area contributed by atoms with Gasteiger partial charge in [0.15, 0.2) is 0 Å². The average molecular weight is 160 g/mol. The van der Waals surface area contributed by atoms with Crippen LogP contribution in [-0.2, 0) is 6.42 Å². The summed E-state index contributed by atoms with van der Waals surface area (Å²) in [7, 11) is 0. The van der Waals surface area contributed by atoms with Gasteiger partial charge in [0.25, 0.3) is 0 Å². The molecule has 0 aromatic carbocycles. The van der Waals surface area contributed by atoms with Crippen molar-refractivity contribution in [1.29, 1.82) is 0 Å². The molecule has 0 aliphatic carbocycles. The van der Waals surface area contributed by atoms with Crippen molar-refractivity contribution in [2.45, 2.75) is 20.3 Å². The third kappa shape index (κ3) is 0.978. The van der Waals surface area contributed by atoms with Crippen molar-refractivity contribution >= 4 is 5.52 Å². The van der Waals surface area contributed by atoms with Crippen LogP contribution in [0.25, 0.3) is 5.52 Å². The molecule has 0 saturated heterocycles. The van der Waals surface area contributed by atoms with Crippen LogP contribution in [0.5, 0.6) is 0 Å². The first-order valence-electron chi connectivity index (χ1n) is 4.03. The molecule has 2 rings (SSSR count). The van der Waals surface area contributed by atoms with E-state index in [1.165, 1.54) is 0 Å². The van der Waals surface area contributed by atoms with Gasteiger partial charge < -0.3 is 0 Å². The highest BCUT2D eigenvalue weighted by molar-refractivity contribution is 5.50. The van der Waals surface area contributed by atoms with Gasteiger partial charge in [-0.05, 0) is 19.4 Å². The zero-order chi connectivity index (χ0) is 8.55. The minimum atomic E-state index is 0.935. The Morgan fingerprint density at radius 1 is 1.58 bits per heavy atom. The molecule has 3 nitrogen and oxygen atoms in total. The lowest BCUT2D eigenvalue weighted by Gasteiger charge is -2.01. The zero-order valence-electron chi connectivity index (χ0n) is 7.20. The van der Waals surface area contributed by atoms with Crippen molar-refractivity contribution < 1.29 is 0 Å². The molecule has 0 atom stereocenters. The van der Waals surface area contributed by atoms with E-state index >= 15 is 0 Å². The molecule has 2 heterocycles. The molecule has 2 aromatic heterocycles. The zero-order valence-corrected chi connectivity index (χ0v) is 7.20. The predicted octanol–water partition coefficient (Wildman–Crippen LogP) is 1.40. The number of fused-ring (bicyclic) bond motifs is 1. The Hall–Kier alpha value is -1.38. The fraction of sp³-hybridized carbons (Fsp3) is 0.333. The number of hydrogen-bond donors (Lipinski definition) is 0. The summed E-state index contributed by atoms with van der Waals surface area (Å²) in [5, 5.41) is 4.04. The third-order valence-electron chi connectivity index (χ3n) is 1.86. The fourth-order valence-electron chi connectivity index (χ4n) is 1.32. The summed E-state index contributed by atoms with van der Waals surface area (Å²) < 4.78 is 1.82. The Balaban J connectivity index is 2.80. The van der Waals surface area contributed by atoms with Crippen LogP contribution in [0.1, 0.15) is 18.3 Å². The standard InChI is InChI=1S/C9H10N3/c1-3-8-9-4-5-10-12(9)6-7(2)11-8/h4,6H,3H2,1-2H3. The van der Waals surface area contributed by atoms with Gasteiger partial charge in [0, 0.05) is 0 Å². The lowest BCUT2D eigenvalue weighted by atomic mass is 10.3. The molecule has 0 N–H and O–H groups in total. The van der Waals surface area contributed by atoms with E-state index in [0.717, 1.165) is 23.3 Å². The van der Waals surface area contributed by atoms with Crippen molar-refractivity contribution in [3.05, 3.63) is 29.8 Å². The van der Waals surface area contributed by atoms with Crippen LogP contribution in [0, 0.1) is 13.1 Å². The molecule has 0 unspecified atom stereocenters. The Labute approximate surface area is 71.1 Å². The molecular formula is C9H10N3. The normalized spacial score (nSPS) is 10.8. The number of rotatable bonds is 1. The first-order chi connectivity index (χ1) is 5.81. The molecule has 0 amide bonds. The summed E-state index contributed by atoms with van der Waals surface area (Å²) in [5.41, 5.74) is 3.14. The number of hydrogen-bond acceptors (Lipinski definition) is 2. The van der Waals surface area contributed by atoms with Crippen LogP contribution in [0.15, 0.2) is 12.3 Å². The van der Waals surface area contributed by atoms with Crippen LogP contribution in [0.3, 0.4) is 0 Å². The summed E-state index contributed by atoms with van der Waals surface area (Å²) in [4.78, 5) is 4.41. The van der Waals surface area contributed by atoms with Gasteiger partial charge in [-0.1, -0.05) is 6.92 Å². The quantitative estimate of drug-likeness (QED) is 0.631. The first kappa shape index (κ1) is 7.28. The monoisotopic (exact) mass is 160 g/mol. The van der Waals surface area contributed by atoms with Gasteiger partial charge >= 0.3 is 0 Å². The Morgan fingerprint density at radius 3 is 3.17 bits per heavy atom. The van der Waals surface area contributed by atoms with E-state index in [1.807, 2.05) is 23.7 Å². The van der Waals surface area contributed by atoms with Crippen molar-refractivity contribution in [3.63, 3.8) is 0 Å². The molecule has 0 spiro atoms. The van der Waals surface area contributed by atoms with Gasteiger partial charge in [-0.2, -0.15) is 5.10 Å². The molecule has 0 aliphatic rings. The summed E-state index contributed by atoms with van der Waals surface area (Å²) in [5.74, 6) is 0. The summed E-state index contributed by atoms with van der Waals surface area (Å²) in [6.07, 6.45) is 5.66. The van der Waals surface area contributed by atoms with Gasteiger partial charge in [-0.25, -0.2) is 4.52 Å². The molecule has 0 saturated carbocycles. The molecule has 3 heteroatoms. The van der Waals surface area contributed by atoms with Crippen molar-refractivity contribution in [2.24, 2.45) is 0 Å². The van der Waals surface area contributed by atoms with Crippen molar-refractivity contribution in [2.75, 3.05) is 0 Å². The molecule has 0 bridgehead atoms. The summed E-state index contributed by atoms with van der Waals surface area (Å²) in [6.45, 7) is 4.06. The third-order valence-corrected chi connectivity index (χ3v) is 1.86. The van der Waals surface area contributed by atoms with Crippen LogP contribution in [0.2, 0.25) is 0 Å². The molecule has 12 heavy (non-hydrogen) atoms. The van der Waals surface area contributed by atoms with Gasteiger partial charge in [0.05, 0.1) is 23.1 Å². The largest absolute Gasteiger partial charge is 0.254 e. The first-order valence-corrected chi connectivity index (χ1v) is 4.03. The minimum absolute atomic E-state index is 0.935. The SMILES string of the molecule is CCc1nc(C)cn2n[c]cc12. The lowest BCUT2D eigenvalue weighted by molar-refractivity contribution is 0.891. The van der Waals surface area contributed by atoms with Crippen LogP contribution < -0.4 is 0 Å². The lowest BCUT2D eigenvalue weighted by Crippen LogP contribution is -1.97. The maximum atomic E-state index is 4.41. The predicted molar refractivity (Wildman–Crippen MR) is 45.9 cm³/mol. The summed E-state index contributed by atoms with van der Waals surface area (Å²) >= 11 is 0. The molecule has 61 valence electrons. The van der Waals surface area contributed by atoms with E-state index in [0.29, 0.717) is 0 Å². The van der Waals surface area contributed by atoms with E-state index in [-0.39, 0.29) is 0 Å². The van der Waals surface area contributed by atoms with E-state index in [1.54, 1.807) is 0 Å². The molecule has 1 radical (unpaired) electrons. The minimum Gasteiger partial charge on any atom is -0.254 e. The second kappa shape index (κ2) is 2.59. The van der Waals surface area contributed by atoms with Crippen molar-refractivity contribution in [1.82, 2.24) is 14.6 Å². The molecule has 2 aromatic rings. The molecule has 0 aliphatic heterocycles. The Kier molecular flexibility index (Phi) is 1.57. The fourth-order valence-corrected chi connectivity index (χ4v) is 1.32. The smallest absolute Gasteiger partial charge is 0.114 e. The second-order valence-corrected chi connectivity index (χ2v) is 2.79. The van der Waals surface area contributed by atoms with Crippen LogP contribution in [-0.4, -0.2) is 14.6 Å². The number of aryl methyl sites for hydroxylation is 2. The van der Waals surface area contributed by atoms with Gasteiger partial charge in [-0.3, -0.25) is 4.98 Å². The number of nitrogens with zero attached hydrogens (tertiary/aromatic N) is 3. The maximum Gasteiger partial charge on any atom is 0.114 e. The average Bonchev–Trinajstić information content (AvgIpc) is 2.50. The van der Waals surface area contributed by atoms with E-state index in [2.05, 4.69) is 23.2 Å². The van der Waals surface area contributed by atoms with E-state index in [9.17, 15) is 0 Å². The molecular weight excluding hydrogens is 150 g/mol. The second-order valence-electron chi connectivity index (χ2n) is 2.79. The molecule has 0 fully saturated rings. The van der Waals surface area contributed by atoms with E-state index < -0.39 is 0 Å². The van der Waals surface area contributed by atoms with E-state index in [4.69, 9.17) is 0 Å². The van der Waals surface area contributed by atoms with Gasteiger partial charge in [0.1, 0.15) is 6.20 Å². The highest BCUT2D eigenvalue weighted by Crippen LogP contribution is 2.08.